The number of nitrogens with zero attached hydrogens (tertiary/aromatic N) is 2. The lowest BCUT2D eigenvalue weighted by Gasteiger charge is -2.09. The smallest absolute Gasteiger partial charge is 0.338 e. The van der Waals surface area contributed by atoms with Crippen molar-refractivity contribution in [2.45, 2.75) is 6.92 Å². The molecule has 3 rings (SSSR count). The number of halogens is 1. The highest BCUT2D eigenvalue weighted by molar-refractivity contribution is 5.89. The van der Waals surface area contributed by atoms with Crippen LogP contribution in [0, 0.1) is 5.82 Å². The van der Waals surface area contributed by atoms with Gasteiger partial charge in [-0.1, -0.05) is 6.07 Å². The lowest BCUT2D eigenvalue weighted by molar-refractivity contribution is 0.0526. The molecule has 0 saturated carbocycles. The average Bonchev–Trinajstić information content (AvgIpc) is 2.63. The molecule has 0 spiro atoms. The number of carbonyl (C=O) groups is 1. The number of benzene rings is 2. The van der Waals surface area contributed by atoms with Crippen molar-refractivity contribution in [3.05, 3.63) is 72.2 Å². The van der Waals surface area contributed by atoms with Gasteiger partial charge in [0.2, 0.25) is 5.95 Å². The molecule has 0 aliphatic carbocycles. The summed E-state index contributed by atoms with van der Waals surface area (Å²) in [6.07, 6.45) is 1.59. The van der Waals surface area contributed by atoms with Gasteiger partial charge in [0, 0.05) is 17.6 Å². The number of hydrogen-bond donors (Lipinski definition) is 2. The van der Waals surface area contributed by atoms with E-state index in [-0.39, 0.29) is 11.8 Å². The number of aromatic nitrogens is 2. The molecule has 0 radical (unpaired) electrons. The van der Waals surface area contributed by atoms with E-state index in [4.69, 9.17) is 4.74 Å². The van der Waals surface area contributed by atoms with Crippen molar-refractivity contribution in [3.63, 3.8) is 0 Å². The first-order valence-electron chi connectivity index (χ1n) is 8.04. The van der Waals surface area contributed by atoms with Crippen LogP contribution in [-0.2, 0) is 4.74 Å². The third kappa shape index (κ3) is 4.54. The highest BCUT2D eigenvalue weighted by atomic mass is 19.1. The standard InChI is InChI=1S/C19H17FN4O2/c1-2-26-18(25)13-6-8-15(9-7-13)23-19-21-11-10-17(24-19)22-16-5-3-4-14(20)12-16/h3-12H,2H2,1H3,(H2,21,22,23,24). The van der Waals surface area contributed by atoms with Gasteiger partial charge in [0.25, 0.3) is 0 Å². The maximum Gasteiger partial charge on any atom is 0.338 e. The van der Waals surface area contributed by atoms with Crippen LogP contribution < -0.4 is 10.6 Å². The van der Waals surface area contributed by atoms with Gasteiger partial charge in [-0.25, -0.2) is 14.2 Å². The van der Waals surface area contributed by atoms with Gasteiger partial charge in [0.1, 0.15) is 11.6 Å². The van der Waals surface area contributed by atoms with E-state index in [1.165, 1.54) is 12.1 Å². The van der Waals surface area contributed by atoms with Gasteiger partial charge in [-0.15, -0.1) is 0 Å². The van der Waals surface area contributed by atoms with Gasteiger partial charge >= 0.3 is 5.97 Å². The predicted molar refractivity (Wildman–Crippen MR) is 97.4 cm³/mol. The first kappa shape index (κ1) is 17.3. The zero-order valence-corrected chi connectivity index (χ0v) is 14.1. The van der Waals surface area contributed by atoms with Crippen LogP contribution in [-0.4, -0.2) is 22.5 Å². The molecule has 26 heavy (non-hydrogen) atoms. The Balaban J connectivity index is 1.69. The Hall–Kier alpha value is -3.48. The van der Waals surface area contributed by atoms with Crippen LogP contribution in [0.4, 0.5) is 27.5 Å². The second-order valence-corrected chi connectivity index (χ2v) is 5.32. The van der Waals surface area contributed by atoms with E-state index in [9.17, 15) is 9.18 Å². The van der Waals surface area contributed by atoms with Crippen LogP contribution in [0.3, 0.4) is 0 Å². The summed E-state index contributed by atoms with van der Waals surface area (Å²) in [5, 5.41) is 6.07. The summed E-state index contributed by atoms with van der Waals surface area (Å²) in [5.74, 6) is 0.201. The number of ether oxygens (including phenoxy) is 1. The molecule has 0 amide bonds. The molecule has 132 valence electrons. The molecule has 0 unspecified atom stereocenters. The molecule has 3 aromatic rings. The number of rotatable bonds is 6. The molecule has 0 aliphatic heterocycles. The highest BCUT2D eigenvalue weighted by Gasteiger charge is 2.06. The maximum absolute atomic E-state index is 13.3. The molecular formula is C19H17FN4O2. The van der Waals surface area contributed by atoms with E-state index in [1.54, 1.807) is 55.6 Å². The molecule has 6 nitrogen and oxygen atoms in total. The minimum atomic E-state index is -0.364. The van der Waals surface area contributed by atoms with Crippen molar-refractivity contribution in [1.82, 2.24) is 9.97 Å². The summed E-state index contributed by atoms with van der Waals surface area (Å²) in [6.45, 7) is 2.09. The van der Waals surface area contributed by atoms with Gasteiger partial charge in [0.05, 0.1) is 12.2 Å². The molecule has 7 heteroatoms. The summed E-state index contributed by atoms with van der Waals surface area (Å²) in [7, 11) is 0. The molecule has 2 aromatic carbocycles. The van der Waals surface area contributed by atoms with Crippen LogP contribution in [0.1, 0.15) is 17.3 Å². The first-order chi connectivity index (χ1) is 12.6. The van der Waals surface area contributed by atoms with Gasteiger partial charge in [0.15, 0.2) is 0 Å². The number of esters is 1. The van der Waals surface area contributed by atoms with E-state index in [2.05, 4.69) is 20.6 Å². The Morgan fingerprint density at radius 2 is 1.88 bits per heavy atom. The SMILES string of the molecule is CCOC(=O)c1ccc(Nc2nccc(Nc3cccc(F)c3)n2)cc1. The maximum atomic E-state index is 13.3. The van der Waals surface area contributed by atoms with E-state index < -0.39 is 0 Å². The number of hydrogen-bond acceptors (Lipinski definition) is 6. The zero-order valence-electron chi connectivity index (χ0n) is 14.1. The predicted octanol–water partition coefficient (Wildman–Crippen LogP) is 4.28. The van der Waals surface area contributed by atoms with E-state index in [1.807, 2.05) is 0 Å². The molecule has 1 aromatic heterocycles. The summed E-state index contributed by atoms with van der Waals surface area (Å²) in [5.41, 5.74) is 1.79. The number of nitrogens with one attached hydrogen (secondary N) is 2. The minimum Gasteiger partial charge on any atom is -0.462 e. The Kier molecular flexibility index (Phi) is 5.38. The normalized spacial score (nSPS) is 10.2. The van der Waals surface area contributed by atoms with E-state index in [0.29, 0.717) is 29.6 Å². The summed E-state index contributed by atoms with van der Waals surface area (Å²) in [4.78, 5) is 20.1. The van der Waals surface area contributed by atoms with Gasteiger partial charge in [-0.3, -0.25) is 0 Å². The first-order valence-corrected chi connectivity index (χ1v) is 8.04. The second-order valence-electron chi connectivity index (χ2n) is 5.32. The lowest BCUT2D eigenvalue weighted by Crippen LogP contribution is -2.05. The molecule has 0 aliphatic rings. The van der Waals surface area contributed by atoms with Crippen LogP contribution in [0.5, 0.6) is 0 Å². The monoisotopic (exact) mass is 352 g/mol. The molecule has 0 bridgehead atoms. The molecular weight excluding hydrogens is 335 g/mol. The second kappa shape index (κ2) is 8.06. The summed E-state index contributed by atoms with van der Waals surface area (Å²) < 4.78 is 18.2. The van der Waals surface area contributed by atoms with Crippen LogP contribution in [0.25, 0.3) is 0 Å². The summed E-state index contributed by atoms with van der Waals surface area (Å²) >= 11 is 0. The van der Waals surface area contributed by atoms with Crippen molar-refractivity contribution in [3.8, 4) is 0 Å². The Morgan fingerprint density at radius 3 is 2.62 bits per heavy atom. The quantitative estimate of drug-likeness (QED) is 0.645. The number of anilines is 4. The molecule has 1 heterocycles. The van der Waals surface area contributed by atoms with Crippen LogP contribution in [0.15, 0.2) is 60.8 Å². The fourth-order valence-electron chi connectivity index (χ4n) is 2.24. The van der Waals surface area contributed by atoms with Crippen molar-refractivity contribution in [2.75, 3.05) is 17.2 Å². The van der Waals surface area contributed by atoms with Crippen LogP contribution >= 0.6 is 0 Å². The summed E-state index contributed by atoms with van der Waals surface area (Å²) in [6, 6.07) is 14.6. The topological polar surface area (TPSA) is 76.1 Å². The molecule has 2 N–H and O–H groups in total. The number of carbonyl (C=O) groups excluding carboxylic acids is 1. The third-order valence-electron chi connectivity index (χ3n) is 3.40. The van der Waals surface area contributed by atoms with E-state index >= 15 is 0 Å². The van der Waals surface area contributed by atoms with Crippen molar-refractivity contribution in [2.24, 2.45) is 0 Å². The fraction of sp³-hybridized carbons (Fsp3) is 0.105. The minimum absolute atomic E-state index is 0.330. The highest BCUT2D eigenvalue weighted by Crippen LogP contribution is 2.18. The van der Waals surface area contributed by atoms with E-state index in [0.717, 1.165) is 5.69 Å². The zero-order chi connectivity index (χ0) is 18.4. The fourth-order valence-corrected chi connectivity index (χ4v) is 2.24. The largest absolute Gasteiger partial charge is 0.462 e. The van der Waals surface area contributed by atoms with Crippen molar-refractivity contribution < 1.29 is 13.9 Å². The Bertz CT molecular complexity index is 900. The van der Waals surface area contributed by atoms with Gasteiger partial charge < -0.3 is 15.4 Å². The lowest BCUT2D eigenvalue weighted by atomic mass is 10.2. The molecule has 0 atom stereocenters. The van der Waals surface area contributed by atoms with Crippen LogP contribution in [0.2, 0.25) is 0 Å². The third-order valence-corrected chi connectivity index (χ3v) is 3.40. The van der Waals surface area contributed by atoms with Crippen molar-refractivity contribution in [1.29, 1.82) is 0 Å². The van der Waals surface area contributed by atoms with Gasteiger partial charge in [-0.05, 0) is 55.5 Å². The van der Waals surface area contributed by atoms with Crippen molar-refractivity contribution >= 4 is 29.1 Å². The average molecular weight is 352 g/mol. The van der Waals surface area contributed by atoms with Gasteiger partial charge in [-0.2, -0.15) is 4.98 Å². The Morgan fingerprint density at radius 1 is 1.08 bits per heavy atom. The molecule has 0 saturated heterocycles. The molecule has 0 fully saturated rings. The Labute approximate surface area is 150 Å².